The van der Waals surface area contributed by atoms with Crippen LogP contribution in [0.3, 0.4) is 0 Å². The van der Waals surface area contributed by atoms with Crippen LogP contribution in [0, 0.1) is 0 Å². The topological polar surface area (TPSA) is 32.3 Å². The Bertz CT molecular complexity index is 433. The molecule has 0 unspecified atom stereocenters. The van der Waals surface area contributed by atoms with Crippen LogP contribution in [0.25, 0.3) is 0 Å². The number of hydrogen-bond acceptors (Lipinski definition) is 2. The summed E-state index contributed by atoms with van der Waals surface area (Å²) in [4.78, 5) is 13.9. The lowest BCUT2D eigenvalue weighted by atomic mass is 10.1. The summed E-state index contributed by atoms with van der Waals surface area (Å²) in [5, 5.41) is 3.79. The number of piperidine rings is 1. The van der Waals surface area contributed by atoms with Crippen molar-refractivity contribution in [1.82, 2.24) is 4.90 Å². The van der Waals surface area contributed by atoms with Gasteiger partial charge in [-0.05, 0) is 53.4 Å². The minimum Gasteiger partial charge on any atom is -0.375 e. The van der Waals surface area contributed by atoms with Gasteiger partial charge in [0.2, 0.25) is 5.91 Å². The van der Waals surface area contributed by atoms with E-state index in [-0.39, 0.29) is 5.91 Å². The van der Waals surface area contributed by atoms with Crippen LogP contribution < -0.4 is 5.32 Å². The zero-order chi connectivity index (χ0) is 13.0. The molecule has 0 bridgehead atoms. The SMILES string of the molecule is O=C(CNc1cc(Cl)ccc1Br)N1CCCCC1. The fraction of sp³-hybridized carbons (Fsp3) is 0.462. The lowest BCUT2D eigenvalue weighted by Gasteiger charge is -2.27. The molecule has 1 aromatic carbocycles. The van der Waals surface area contributed by atoms with Gasteiger partial charge in [0.15, 0.2) is 0 Å². The molecule has 5 heteroatoms. The predicted molar refractivity (Wildman–Crippen MR) is 78.1 cm³/mol. The highest BCUT2D eigenvalue weighted by molar-refractivity contribution is 9.10. The summed E-state index contributed by atoms with van der Waals surface area (Å²) >= 11 is 9.36. The molecule has 1 aliphatic rings. The smallest absolute Gasteiger partial charge is 0.241 e. The zero-order valence-electron chi connectivity index (χ0n) is 10.1. The van der Waals surface area contributed by atoms with Crippen LogP contribution in [-0.2, 0) is 4.79 Å². The fourth-order valence-electron chi connectivity index (χ4n) is 2.06. The van der Waals surface area contributed by atoms with E-state index in [0.717, 1.165) is 36.1 Å². The number of amides is 1. The lowest BCUT2D eigenvalue weighted by molar-refractivity contribution is -0.130. The number of halogens is 2. The number of hydrogen-bond donors (Lipinski definition) is 1. The molecule has 18 heavy (non-hydrogen) atoms. The van der Waals surface area contributed by atoms with Crippen LogP contribution in [0.4, 0.5) is 5.69 Å². The van der Waals surface area contributed by atoms with Gasteiger partial charge in [-0.15, -0.1) is 0 Å². The highest BCUT2D eigenvalue weighted by atomic mass is 79.9. The summed E-state index contributed by atoms with van der Waals surface area (Å²) < 4.78 is 0.915. The highest BCUT2D eigenvalue weighted by Gasteiger charge is 2.16. The van der Waals surface area contributed by atoms with Crippen LogP contribution in [0.5, 0.6) is 0 Å². The summed E-state index contributed by atoms with van der Waals surface area (Å²) in [7, 11) is 0. The van der Waals surface area contributed by atoms with Gasteiger partial charge in [-0.3, -0.25) is 4.79 Å². The number of carbonyl (C=O) groups is 1. The second kappa shape index (κ2) is 6.43. The Morgan fingerprint density at radius 2 is 2.06 bits per heavy atom. The van der Waals surface area contributed by atoms with Gasteiger partial charge in [0.1, 0.15) is 0 Å². The Morgan fingerprint density at radius 1 is 1.33 bits per heavy atom. The van der Waals surface area contributed by atoms with Crippen molar-refractivity contribution < 1.29 is 4.79 Å². The average Bonchev–Trinajstić information content (AvgIpc) is 2.40. The van der Waals surface area contributed by atoms with E-state index in [9.17, 15) is 4.79 Å². The monoisotopic (exact) mass is 330 g/mol. The minimum absolute atomic E-state index is 0.154. The summed E-state index contributed by atoms with van der Waals surface area (Å²) in [5.74, 6) is 0.154. The fourth-order valence-corrected chi connectivity index (χ4v) is 2.62. The second-order valence-electron chi connectivity index (χ2n) is 4.42. The van der Waals surface area contributed by atoms with Crippen LogP contribution in [0.1, 0.15) is 19.3 Å². The highest BCUT2D eigenvalue weighted by Crippen LogP contribution is 2.25. The molecule has 3 nitrogen and oxygen atoms in total. The Morgan fingerprint density at radius 3 is 2.78 bits per heavy atom. The summed E-state index contributed by atoms with van der Waals surface area (Å²) in [6.07, 6.45) is 3.47. The first-order chi connectivity index (χ1) is 8.66. The maximum atomic E-state index is 12.0. The molecular weight excluding hydrogens is 316 g/mol. The molecule has 98 valence electrons. The van der Waals surface area contributed by atoms with E-state index < -0.39 is 0 Å². The Hall–Kier alpha value is -0.740. The first-order valence-corrected chi connectivity index (χ1v) is 7.30. The normalized spacial score (nSPS) is 15.6. The molecule has 1 N–H and O–H groups in total. The second-order valence-corrected chi connectivity index (χ2v) is 5.71. The Kier molecular flexibility index (Phi) is 4.89. The van der Waals surface area contributed by atoms with Crippen molar-refractivity contribution >= 4 is 39.1 Å². The van der Waals surface area contributed by atoms with Gasteiger partial charge in [0.25, 0.3) is 0 Å². The first kappa shape index (κ1) is 13.7. The third-order valence-corrected chi connectivity index (χ3v) is 3.99. The molecule has 1 aromatic rings. The van der Waals surface area contributed by atoms with Crippen LogP contribution in [0.15, 0.2) is 22.7 Å². The molecule has 0 radical (unpaired) electrons. The Labute approximate surface area is 121 Å². The van der Waals surface area contributed by atoms with Crippen molar-refractivity contribution in [3.8, 4) is 0 Å². The number of likely N-dealkylation sites (tertiary alicyclic amines) is 1. The molecule has 1 amide bonds. The summed E-state index contributed by atoms with van der Waals surface area (Å²) in [6, 6.07) is 5.49. The molecule has 1 saturated heterocycles. The van der Waals surface area contributed by atoms with Gasteiger partial charge in [-0.25, -0.2) is 0 Å². The van der Waals surface area contributed by atoms with Crippen molar-refractivity contribution in [1.29, 1.82) is 0 Å². The van der Waals surface area contributed by atoms with E-state index in [2.05, 4.69) is 21.2 Å². The largest absolute Gasteiger partial charge is 0.375 e. The van der Waals surface area contributed by atoms with Gasteiger partial charge < -0.3 is 10.2 Å². The molecule has 0 aliphatic carbocycles. The number of benzene rings is 1. The molecule has 1 fully saturated rings. The van der Waals surface area contributed by atoms with Gasteiger partial charge in [0, 0.05) is 22.6 Å². The molecular formula is C13H16BrClN2O. The molecule has 0 atom stereocenters. The molecule has 1 heterocycles. The van der Waals surface area contributed by atoms with Crippen LogP contribution in [-0.4, -0.2) is 30.4 Å². The first-order valence-electron chi connectivity index (χ1n) is 6.13. The quantitative estimate of drug-likeness (QED) is 0.919. The van der Waals surface area contributed by atoms with E-state index >= 15 is 0 Å². The number of carbonyl (C=O) groups excluding carboxylic acids is 1. The van der Waals surface area contributed by atoms with Gasteiger partial charge in [-0.2, -0.15) is 0 Å². The molecule has 1 aliphatic heterocycles. The molecule has 0 saturated carbocycles. The third-order valence-electron chi connectivity index (χ3n) is 3.07. The lowest BCUT2D eigenvalue weighted by Crippen LogP contribution is -2.39. The standard InChI is InChI=1S/C13H16BrClN2O/c14-11-5-4-10(15)8-12(11)16-9-13(18)17-6-2-1-3-7-17/h4-5,8,16H,1-3,6-7,9H2. The molecule has 0 spiro atoms. The predicted octanol–water partition coefficient (Wildman–Crippen LogP) is 3.53. The molecule has 2 rings (SSSR count). The van der Waals surface area contributed by atoms with Crippen molar-refractivity contribution in [2.45, 2.75) is 19.3 Å². The number of nitrogens with zero attached hydrogens (tertiary/aromatic N) is 1. The summed E-state index contributed by atoms with van der Waals surface area (Å²) in [6.45, 7) is 2.09. The van der Waals surface area contributed by atoms with Gasteiger partial charge in [-0.1, -0.05) is 11.6 Å². The minimum atomic E-state index is 0.154. The van der Waals surface area contributed by atoms with E-state index in [0.29, 0.717) is 11.6 Å². The molecule has 0 aromatic heterocycles. The maximum absolute atomic E-state index is 12.0. The van der Waals surface area contributed by atoms with Crippen molar-refractivity contribution in [3.63, 3.8) is 0 Å². The zero-order valence-corrected chi connectivity index (χ0v) is 12.4. The number of anilines is 1. The number of rotatable bonds is 3. The third kappa shape index (κ3) is 3.62. The number of nitrogens with one attached hydrogen (secondary N) is 1. The van der Waals surface area contributed by atoms with E-state index in [1.165, 1.54) is 6.42 Å². The van der Waals surface area contributed by atoms with Crippen LogP contribution >= 0.6 is 27.5 Å². The van der Waals surface area contributed by atoms with Crippen molar-refractivity contribution in [2.75, 3.05) is 25.0 Å². The van der Waals surface area contributed by atoms with Gasteiger partial charge >= 0.3 is 0 Å². The van der Waals surface area contributed by atoms with Crippen molar-refractivity contribution in [3.05, 3.63) is 27.7 Å². The Balaban J connectivity index is 1.90. The average molecular weight is 332 g/mol. The summed E-state index contributed by atoms with van der Waals surface area (Å²) in [5.41, 5.74) is 0.854. The van der Waals surface area contributed by atoms with E-state index in [1.54, 1.807) is 0 Å². The van der Waals surface area contributed by atoms with E-state index in [1.807, 2.05) is 23.1 Å². The van der Waals surface area contributed by atoms with E-state index in [4.69, 9.17) is 11.6 Å². The maximum Gasteiger partial charge on any atom is 0.241 e. The van der Waals surface area contributed by atoms with Gasteiger partial charge in [0.05, 0.1) is 12.2 Å². The van der Waals surface area contributed by atoms with Crippen molar-refractivity contribution in [2.24, 2.45) is 0 Å². The van der Waals surface area contributed by atoms with Crippen LogP contribution in [0.2, 0.25) is 5.02 Å².